The fraction of sp³-hybridized carbons (Fsp3) is 0.238. The van der Waals surface area contributed by atoms with Crippen LogP contribution in [-0.2, 0) is 6.42 Å². The van der Waals surface area contributed by atoms with Crippen molar-refractivity contribution in [3.05, 3.63) is 65.9 Å². The Labute approximate surface area is 152 Å². The van der Waals surface area contributed by atoms with E-state index in [1.807, 2.05) is 49.4 Å². The first-order valence-electron chi connectivity index (χ1n) is 8.41. The third-order valence-electron chi connectivity index (χ3n) is 3.90. The maximum Gasteiger partial charge on any atom is 0.145 e. The third kappa shape index (κ3) is 4.50. The second kappa shape index (κ2) is 8.32. The average Bonchev–Trinajstić information content (AvgIpc) is 2.66. The quantitative estimate of drug-likeness (QED) is 0.708. The highest BCUT2D eigenvalue weighted by Crippen LogP contribution is 2.24. The van der Waals surface area contributed by atoms with E-state index in [-0.39, 0.29) is 13.2 Å². The molecule has 0 aliphatic heterocycles. The number of nitriles is 1. The van der Waals surface area contributed by atoms with Crippen LogP contribution in [-0.4, -0.2) is 29.4 Å². The number of benzene rings is 2. The first-order chi connectivity index (χ1) is 12.7. The molecule has 0 aliphatic rings. The van der Waals surface area contributed by atoms with Crippen molar-refractivity contribution in [2.75, 3.05) is 13.2 Å². The minimum absolute atomic E-state index is 0.112. The van der Waals surface area contributed by atoms with Gasteiger partial charge in [-0.05, 0) is 36.8 Å². The minimum atomic E-state index is -0.770. The van der Waals surface area contributed by atoms with Gasteiger partial charge in [0.2, 0.25) is 0 Å². The molecule has 0 aliphatic carbocycles. The van der Waals surface area contributed by atoms with Gasteiger partial charge in [0.1, 0.15) is 36.3 Å². The molecule has 5 heteroatoms. The Morgan fingerprint density at radius 2 is 1.81 bits per heavy atom. The molecule has 26 heavy (non-hydrogen) atoms. The number of hydrogen-bond donors (Lipinski definition) is 1. The van der Waals surface area contributed by atoms with E-state index in [4.69, 9.17) is 14.7 Å². The molecule has 2 aromatic carbocycles. The molecular weight excluding hydrogens is 328 g/mol. The molecule has 1 unspecified atom stereocenters. The number of aryl methyl sites for hydroxylation is 1. The smallest absolute Gasteiger partial charge is 0.145 e. The number of ether oxygens (including phenoxy) is 2. The second-order valence-electron chi connectivity index (χ2n) is 6.04. The van der Waals surface area contributed by atoms with Crippen LogP contribution in [0.3, 0.4) is 0 Å². The first kappa shape index (κ1) is 17.7. The van der Waals surface area contributed by atoms with Gasteiger partial charge in [-0.1, -0.05) is 30.3 Å². The number of aliphatic hydroxyl groups excluding tert-OH is 1. The molecular formula is C21H20N2O3. The number of hydrogen-bond acceptors (Lipinski definition) is 5. The molecule has 1 atom stereocenters. The number of rotatable bonds is 7. The fourth-order valence-electron chi connectivity index (χ4n) is 2.56. The van der Waals surface area contributed by atoms with Crippen LogP contribution in [0.1, 0.15) is 11.3 Å². The molecule has 1 heterocycles. The number of para-hydroxylation sites is 1. The van der Waals surface area contributed by atoms with Crippen molar-refractivity contribution >= 4 is 10.9 Å². The summed E-state index contributed by atoms with van der Waals surface area (Å²) in [5.41, 5.74) is 2.63. The number of pyridine rings is 1. The highest BCUT2D eigenvalue weighted by molar-refractivity contribution is 5.84. The summed E-state index contributed by atoms with van der Waals surface area (Å²) in [6.07, 6.45) is -0.399. The van der Waals surface area contributed by atoms with Crippen molar-refractivity contribution in [1.29, 1.82) is 5.26 Å². The zero-order valence-electron chi connectivity index (χ0n) is 14.6. The number of nitrogens with zero attached hydrogens (tertiary/aromatic N) is 2. The lowest BCUT2D eigenvalue weighted by molar-refractivity contribution is 0.0631. The summed E-state index contributed by atoms with van der Waals surface area (Å²) in [7, 11) is 0. The number of aliphatic hydroxyl groups is 1. The highest BCUT2D eigenvalue weighted by Gasteiger charge is 2.09. The van der Waals surface area contributed by atoms with Crippen LogP contribution in [0.15, 0.2) is 54.6 Å². The van der Waals surface area contributed by atoms with Gasteiger partial charge in [-0.3, -0.25) is 0 Å². The molecule has 1 N–H and O–H groups in total. The summed E-state index contributed by atoms with van der Waals surface area (Å²) in [5, 5.41) is 19.8. The second-order valence-corrected chi connectivity index (χ2v) is 6.04. The highest BCUT2D eigenvalue weighted by atomic mass is 16.5. The maximum atomic E-state index is 10.1. The molecule has 0 saturated carbocycles. The Kier molecular flexibility index (Phi) is 5.67. The molecule has 3 rings (SSSR count). The van der Waals surface area contributed by atoms with Gasteiger partial charge < -0.3 is 14.6 Å². The van der Waals surface area contributed by atoms with E-state index in [1.165, 1.54) is 0 Å². The monoisotopic (exact) mass is 348 g/mol. The molecule has 5 nitrogen and oxygen atoms in total. The van der Waals surface area contributed by atoms with Crippen molar-refractivity contribution in [2.45, 2.75) is 19.4 Å². The Morgan fingerprint density at radius 1 is 1.04 bits per heavy atom. The van der Waals surface area contributed by atoms with Crippen LogP contribution < -0.4 is 9.47 Å². The van der Waals surface area contributed by atoms with Gasteiger partial charge in [0.25, 0.3) is 0 Å². The SMILES string of the molecule is Cc1ccc2cccc(OCC(O)COc3ccc(CC#N)cc3)c2n1. The Morgan fingerprint density at radius 3 is 2.58 bits per heavy atom. The summed E-state index contributed by atoms with van der Waals surface area (Å²) in [6, 6.07) is 19.0. The van der Waals surface area contributed by atoms with Crippen molar-refractivity contribution in [2.24, 2.45) is 0 Å². The third-order valence-corrected chi connectivity index (χ3v) is 3.90. The Hall–Kier alpha value is -3.10. The van der Waals surface area contributed by atoms with Gasteiger partial charge in [-0.15, -0.1) is 0 Å². The van der Waals surface area contributed by atoms with Crippen LogP contribution in [0.2, 0.25) is 0 Å². The summed E-state index contributed by atoms with van der Waals surface area (Å²) >= 11 is 0. The van der Waals surface area contributed by atoms with E-state index in [2.05, 4.69) is 11.1 Å². The van der Waals surface area contributed by atoms with Crippen LogP contribution in [0.4, 0.5) is 0 Å². The summed E-state index contributed by atoms with van der Waals surface area (Å²) in [5.74, 6) is 1.29. The summed E-state index contributed by atoms with van der Waals surface area (Å²) in [6.45, 7) is 2.16. The van der Waals surface area contributed by atoms with E-state index < -0.39 is 6.10 Å². The van der Waals surface area contributed by atoms with Gasteiger partial charge in [0.05, 0.1) is 12.5 Å². The first-order valence-corrected chi connectivity index (χ1v) is 8.41. The number of aromatic nitrogens is 1. The van der Waals surface area contributed by atoms with E-state index >= 15 is 0 Å². The molecule has 0 bridgehead atoms. The van der Waals surface area contributed by atoms with Crippen LogP contribution >= 0.6 is 0 Å². The van der Waals surface area contributed by atoms with E-state index in [9.17, 15) is 5.11 Å². The number of fused-ring (bicyclic) bond motifs is 1. The van der Waals surface area contributed by atoms with Gasteiger partial charge >= 0.3 is 0 Å². The zero-order chi connectivity index (χ0) is 18.4. The standard InChI is InChI=1S/C21H20N2O3/c1-15-5-8-17-3-2-4-20(21(17)23-15)26-14-18(24)13-25-19-9-6-16(7-10-19)11-12-22/h2-10,18,24H,11,13-14H2,1H3. The van der Waals surface area contributed by atoms with Crippen molar-refractivity contribution in [1.82, 2.24) is 4.98 Å². The molecule has 3 aromatic rings. The van der Waals surface area contributed by atoms with E-state index in [0.717, 1.165) is 22.2 Å². The molecule has 0 spiro atoms. The van der Waals surface area contributed by atoms with Crippen LogP contribution in [0.25, 0.3) is 10.9 Å². The normalized spacial score (nSPS) is 11.7. The summed E-state index contributed by atoms with van der Waals surface area (Å²) in [4.78, 5) is 4.51. The van der Waals surface area contributed by atoms with Crippen molar-refractivity contribution < 1.29 is 14.6 Å². The molecule has 132 valence electrons. The van der Waals surface area contributed by atoms with Crippen molar-refractivity contribution in [3.63, 3.8) is 0 Å². The molecule has 0 radical (unpaired) electrons. The minimum Gasteiger partial charge on any atom is -0.491 e. The maximum absolute atomic E-state index is 10.1. The summed E-state index contributed by atoms with van der Waals surface area (Å²) < 4.78 is 11.3. The Balaban J connectivity index is 1.55. The van der Waals surface area contributed by atoms with E-state index in [1.54, 1.807) is 12.1 Å². The lowest BCUT2D eigenvalue weighted by Gasteiger charge is -2.14. The lowest BCUT2D eigenvalue weighted by atomic mass is 10.2. The van der Waals surface area contributed by atoms with E-state index in [0.29, 0.717) is 17.9 Å². The Bertz CT molecular complexity index is 917. The average molecular weight is 348 g/mol. The molecule has 0 saturated heterocycles. The predicted molar refractivity (Wildman–Crippen MR) is 99.2 cm³/mol. The van der Waals surface area contributed by atoms with Crippen LogP contribution in [0, 0.1) is 18.3 Å². The topological polar surface area (TPSA) is 75.4 Å². The fourth-order valence-corrected chi connectivity index (χ4v) is 2.56. The zero-order valence-corrected chi connectivity index (χ0v) is 14.6. The van der Waals surface area contributed by atoms with Gasteiger partial charge in [-0.25, -0.2) is 4.98 Å². The van der Waals surface area contributed by atoms with Crippen molar-refractivity contribution in [3.8, 4) is 17.6 Å². The van der Waals surface area contributed by atoms with Gasteiger partial charge in [0, 0.05) is 11.1 Å². The largest absolute Gasteiger partial charge is 0.491 e. The van der Waals surface area contributed by atoms with Crippen LogP contribution in [0.5, 0.6) is 11.5 Å². The molecule has 0 amide bonds. The molecule has 0 fully saturated rings. The van der Waals surface area contributed by atoms with Gasteiger partial charge in [0.15, 0.2) is 0 Å². The van der Waals surface area contributed by atoms with Gasteiger partial charge in [-0.2, -0.15) is 5.26 Å². The lowest BCUT2D eigenvalue weighted by Crippen LogP contribution is -2.25. The predicted octanol–water partition coefficient (Wildman–Crippen LogP) is 3.43. The molecule has 1 aromatic heterocycles.